The highest BCUT2D eigenvalue weighted by Gasteiger charge is 2.31. The molecule has 3 N–H and O–H groups in total. The number of aromatic nitrogens is 5. The van der Waals surface area contributed by atoms with Crippen LogP contribution in [0.4, 0.5) is 10.2 Å². The van der Waals surface area contributed by atoms with Crippen molar-refractivity contribution in [3.8, 4) is 11.3 Å². The number of benzene rings is 2. The number of nitrogen functional groups attached to an aromatic ring is 1. The Balaban J connectivity index is 1.11. The summed E-state index contributed by atoms with van der Waals surface area (Å²) in [5.41, 5.74) is 10.7. The fraction of sp³-hybridized carbons (Fsp3) is 0.424. The second kappa shape index (κ2) is 12.0. The van der Waals surface area contributed by atoms with Gasteiger partial charge in [-0.3, -0.25) is 4.90 Å². The van der Waals surface area contributed by atoms with Crippen LogP contribution in [0.3, 0.4) is 0 Å². The van der Waals surface area contributed by atoms with E-state index in [9.17, 15) is 4.39 Å². The Labute approximate surface area is 250 Å². The third kappa shape index (κ3) is 5.50. The summed E-state index contributed by atoms with van der Waals surface area (Å²) in [6, 6.07) is 16.1. The molecule has 2 aromatic carbocycles. The van der Waals surface area contributed by atoms with Crippen LogP contribution in [0.1, 0.15) is 43.7 Å². The number of hydrogen-bond donors (Lipinski definition) is 2. The fourth-order valence-corrected chi connectivity index (χ4v) is 7.06. The number of piperazine rings is 1. The summed E-state index contributed by atoms with van der Waals surface area (Å²) in [4.78, 5) is 14.1. The Kier molecular flexibility index (Phi) is 7.81. The van der Waals surface area contributed by atoms with Crippen LogP contribution in [-0.2, 0) is 6.54 Å². The topological polar surface area (TPSA) is 101 Å². The van der Waals surface area contributed by atoms with Crippen LogP contribution in [0.25, 0.3) is 33.2 Å². The van der Waals surface area contributed by atoms with E-state index < -0.39 is 0 Å². The molecule has 1 saturated carbocycles. The smallest absolute Gasteiger partial charge is 0.164 e. The molecule has 1 aliphatic carbocycles. The molecule has 0 radical (unpaired) electrons. The zero-order chi connectivity index (χ0) is 29.3. The van der Waals surface area contributed by atoms with Crippen molar-refractivity contribution in [3.05, 3.63) is 72.4 Å². The van der Waals surface area contributed by atoms with E-state index in [-0.39, 0.29) is 18.5 Å². The molecule has 2 aliphatic rings. The minimum Gasteiger partial charge on any atom is -0.396 e. The SMILES string of the molecule is Nc1ncnc2c1c(-c1ccc3c(ccn3Cc3ccccc3F)c1)nn2[C@H]1CC[C@@H](N2CCN(CCCO)CC2)CC1. The summed E-state index contributed by atoms with van der Waals surface area (Å²) in [5.74, 6) is 0.246. The first kappa shape index (κ1) is 27.9. The van der Waals surface area contributed by atoms with E-state index in [0.717, 1.165) is 98.0 Å². The van der Waals surface area contributed by atoms with E-state index in [0.29, 0.717) is 24.0 Å². The zero-order valence-corrected chi connectivity index (χ0v) is 24.4. The van der Waals surface area contributed by atoms with Crippen LogP contribution >= 0.6 is 0 Å². The lowest BCUT2D eigenvalue weighted by atomic mass is 9.90. The lowest BCUT2D eigenvalue weighted by Crippen LogP contribution is -2.51. The summed E-state index contributed by atoms with van der Waals surface area (Å²) in [6.45, 7) is 6.09. The van der Waals surface area contributed by atoms with Crippen LogP contribution in [0.2, 0.25) is 0 Å². The molecule has 1 saturated heterocycles. The van der Waals surface area contributed by atoms with E-state index in [1.165, 1.54) is 12.4 Å². The Bertz CT molecular complexity index is 1720. The molecule has 0 atom stereocenters. The molecule has 0 bridgehead atoms. The number of aliphatic hydroxyl groups is 1. The summed E-state index contributed by atoms with van der Waals surface area (Å²) >= 11 is 0. The summed E-state index contributed by atoms with van der Waals surface area (Å²) in [7, 11) is 0. The molecule has 9 nitrogen and oxygen atoms in total. The molecule has 1 aliphatic heterocycles. The van der Waals surface area contributed by atoms with Crippen molar-refractivity contribution in [1.29, 1.82) is 0 Å². The van der Waals surface area contributed by atoms with Gasteiger partial charge in [-0.25, -0.2) is 19.0 Å². The minimum atomic E-state index is -0.195. The predicted molar refractivity (Wildman–Crippen MR) is 167 cm³/mol. The molecule has 7 rings (SSSR count). The number of nitrogens with two attached hydrogens (primary N) is 1. The number of aliphatic hydroxyl groups excluding tert-OH is 1. The van der Waals surface area contributed by atoms with Crippen molar-refractivity contribution in [1.82, 2.24) is 34.1 Å². The van der Waals surface area contributed by atoms with Crippen LogP contribution in [0.5, 0.6) is 0 Å². The molecule has 0 amide bonds. The van der Waals surface area contributed by atoms with Gasteiger partial charge in [0.2, 0.25) is 0 Å². The van der Waals surface area contributed by atoms with Gasteiger partial charge in [0.1, 0.15) is 23.7 Å². The van der Waals surface area contributed by atoms with Crippen LogP contribution < -0.4 is 5.73 Å². The fourth-order valence-electron chi connectivity index (χ4n) is 7.06. The Hall–Kier alpha value is -3.86. The van der Waals surface area contributed by atoms with Crippen LogP contribution in [0.15, 0.2) is 61.1 Å². The monoisotopic (exact) mass is 582 g/mol. The van der Waals surface area contributed by atoms with Crippen molar-refractivity contribution in [2.24, 2.45) is 0 Å². The summed E-state index contributed by atoms with van der Waals surface area (Å²) in [6.07, 6.45) is 8.77. The van der Waals surface area contributed by atoms with Crippen molar-refractivity contribution in [2.45, 2.75) is 50.7 Å². The largest absolute Gasteiger partial charge is 0.396 e. The molecule has 0 unspecified atom stereocenters. The molecular formula is C33H39FN8O. The lowest BCUT2D eigenvalue weighted by Gasteiger charge is -2.42. The van der Waals surface area contributed by atoms with E-state index >= 15 is 0 Å². The first-order valence-electron chi connectivity index (χ1n) is 15.5. The van der Waals surface area contributed by atoms with Gasteiger partial charge < -0.3 is 20.3 Å². The number of halogens is 1. The average Bonchev–Trinajstić information content (AvgIpc) is 3.63. The van der Waals surface area contributed by atoms with Crippen molar-refractivity contribution < 1.29 is 9.50 Å². The number of anilines is 1. The predicted octanol–water partition coefficient (Wildman–Crippen LogP) is 4.70. The molecule has 3 aromatic heterocycles. The lowest BCUT2D eigenvalue weighted by molar-refractivity contribution is 0.0680. The second-order valence-electron chi connectivity index (χ2n) is 12.0. The van der Waals surface area contributed by atoms with E-state index in [1.54, 1.807) is 6.07 Å². The molecule has 224 valence electrons. The van der Waals surface area contributed by atoms with Gasteiger partial charge in [0.25, 0.3) is 0 Å². The normalized spacial score (nSPS) is 20.3. The van der Waals surface area contributed by atoms with Gasteiger partial charge in [-0.1, -0.05) is 24.3 Å². The first-order chi connectivity index (χ1) is 21.1. The minimum absolute atomic E-state index is 0.195. The van der Waals surface area contributed by atoms with E-state index in [1.807, 2.05) is 18.3 Å². The Morgan fingerprint density at radius 2 is 1.72 bits per heavy atom. The Morgan fingerprint density at radius 3 is 2.51 bits per heavy atom. The second-order valence-corrected chi connectivity index (χ2v) is 12.0. The van der Waals surface area contributed by atoms with Gasteiger partial charge in [0.05, 0.1) is 18.0 Å². The molecular weight excluding hydrogens is 543 g/mol. The first-order valence-corrected chi connectivity index (χ1v) is 15.5. The van der Waals surface area contributed by atoms with Gasteiger partial charge in [0, 0.05) is 73.6 Å². The third-order valence-corrected chi connectivity index (χ3v) is 9.43. The number of fused-ring (bicyclic) bond motifs is 2. The maximum Gasteiger partial charge on any atom is 0.164 e. The van der Waals surface area contributed by atoms with Crippen molar-refractivity contribution in [2.75, 3.05) is 45.1 Å². The average molecular weight is 583 g/mol. The van der Waals surface area contributed by atoms with Crippen molar-refractivity contribution in [3.63, 3.8) is 0 Å². The van der Waals surface area contributed by atoms with Gasteiger partial charge >= 0.3 is 0 Å². The third-order valence-electron chi connectivity index (χ3n) is 9.43. The molecule has 0 spiro atoms. The standard InChI is InChI=1S/C33H39FN8O/c34-28-5-2-1-4-25(28)21-41-14-12-23-20-24(6-11-29(23)41)31-30-32(35)36-22-37-33(30)42(38-31)27-9-7-26(8-10-27)40-17-15-39(16-18-40)13-3-19-43/h1-2,4-6,11-12,14,20,22,26-27,43H,3,7-10,13,15-19,21H2,(H2,35,36,37)/t26-,27+. The van der Waals surface area contributed by atoms with Gasteiger partial charge in [-0.05, 0) is 56.4 Å². The van der Waals surface area contributed by atoms with E-state index in [2.05, 4.69) is 53.3 Å². The maximum atomic E-state index is 14.3. The van der Waals surface area contributed by atoms with E-state index in [4.69, 9.17) is 15.9 Å². The van der Waals surface area contributed by atoms with Crippen LogP contribution in [-0.4, -0.2) is 84.6 Å². The molecule has 5 aromatic rings. The van der Waals surface area contributed by atoms with Gasteiger partial charge in [0.15, 0.2) is 5.65 Å². The summed E-state index contributed by atoms with van der Waals surface area (Å²) < 4.78 is 18.5. The number of rotatable bonds is 8. The zero-order valence-electron chi connectivity index (χ0n) is 24.4. The highest BCUT2D eigenvalue weighted by molar-refractivity contribution is 6.00. The highest BCUT2D eigenvalue weighted by atomic mass is 19.1. The maximum absolute atomic E-state index is 14.3. The van der Waals surface area contributed by atoms with Crippen molar-refractivity contribution >= 4 is 27.8 Å². The number of hydrogen-bond acceptors (Lipinski definition) is 7. The van der Waals surface area contributed by atoms with Crippen LogP contribution in [0, 0.1) is 5.82 Å². The number of nitrogens with zero attached hydrogens (tertiary/aromatic N) is 7. The quantitative estimate of drug-likeness (QED) is 0.274. The molecule has 10 heteroatoms. The molecule has 43 heavy (non-hydrogen) atoms. The Morgan fingerprint density at radius 1 is 0.930 bits per heavy atom. The van der Waals surface area contributed by atoms with Gasteiger partial charge in [-0.15, -0.1) is 0 Å². The van der Waals surface area contributed by atoms with Gasteiger partial charge in [-0.2, -0.15) is 5.10 Å². The molecule has 4 heterocycles. The highest BCUT2D eigenvalue weighted by Crippen LogP contribution is 2.38. The molecule has 2 fully saturated rings. The summed E-state index contributed by atoms with van der Waals surface area (Å²) in [5, 5.41) is 16.2.